The van der Waals surface area contributed by atoms with Crippen molar-refractivity contribution in [1.29, 1.82) is 0 Å². The lowest BCUT2D eigenvalue weighted by Gasteiger charge is -2.26. The molecule has 4 aromatic rings. The largest absolute Gasteiger partial charge is 0.494 e. The van der Waals surface area contributed by atoms with Gasteiger partial charge in [-0.1, -0.05) is 29.3 Å². The van der Waals surface area contributed by atoms with E-state index in [4.69, 9.17) is 46.9 Å². The van der Waals surface area contributed by atoms with Crippen LogP contribution in [0.1, 0.15) is 12.0 Å². The molecule has 0 N–H and O–H groups in total. The monoisotopic (exact) mass is 664 g/mol. The number of rotatable bonds is 12. The van der Waals surface area contributed by atoms with Crippen LogP contribution in [0.5, 0.6) is 28.7 Å². The van der Waals surface area contributed by atoms with Crippen LogP contribution >= 0.6 is 23.2 Å². The van der Waals surface area contributed by atoms with Gasteiger partial charge in [-0.2, -0.15) is 0 Å². The fraction of sp³-hybridized carbons (Fsp3) is 0.323. The molecule has 234 valence electrons. The summed E-state index contributed by atoms with van der Waals surface area (Å²) in [7, 11) is -1.14. The number of hydrogen-bond acceptors (Lipinski definition) is 9. The maximum atomic E-state index is 15.2. The first kappa shape index (κ1) is 32.1. The summed E-state index contributed by atoms with van der Waals surface area (Å²) >= 11 is 12.1. The van der Waals surface area contributed by atoms with Gasteiger partial charge in [0.25, 0.3) is 0 Å². The predicted octanol–water partition coefficient (Wildman–Crippen LogP) is 6.57. The van der Waals surface area contributed by atoms with Crippen LogP contribution in [0, 0.1) is 5.82 Å². The van der Waals surface area contributed by atoms with Gasteiger partial charge in [-0.15, -0.1) is 0 Å². The Hall–Kier alpha value is -3.35. The Bertz CT molecular complexity index is 1750. The standard InChI is InChI=1S/C31H31Cl2FN2O7S/c1-39-28-17-22-25(18-29(28)42-11-3-8-36-9-12-41-13-10-36)35-7-6-26(22)43-27-5-4-20(14-24(27)34)19-44(37,38)30-16-21(32)15-23(33)31(30)40-2/h4-7,14-18H,3,8-13,19H2,1-2H3. The number of sulfone groups is 1. The highest BCUT2D eigenvalue weighted by atomic mass is 35.5. The minimum absolute atomic E-state index is 0.0296. The van der Waals surface area contributed by atoms with Crippen molar-refractivity contribution in [1.82, 2.24) is 9.88 Å². The summed E-state index contributed by atoms with van der Waals surface area (Å²) in [6.45, 7) is 4.75. The number of ether oxygens (including phenoxy) is 5. The average molecular weight is 666 g/mol. The molecule has 0 aliphatic carbocycles. The maximum absolute atomic E-state index is 15.2. The zero-order chi connectivity index (χ0) is 31.3. The van der Waals surface area contributed by atoms with E-state index in [2.05, 4.69) is 9.88 Å². The lowest BCUT2D eigenvalue weighted by molar-refractivity contribution is 0.0357. The third-order valence-electron chi connectivity index (χ3n) is 7.05. The minimum atomic E-state index is -3.99. The molecule has 0 atom stereocenters. The Morgan fingerprint density at radius 3 is 2.48 bits per heavy atom. The minimum Gasteiger partial charge on any atom is -0.494 e. The van der Waals surface area contributed by atoms with Crippen LogP contribution in [0.15, 0.2) is 59.6 Å². The first-order chi connectivity index (χ1) is 21.2. The molecule has 13 heteroatoms. The SMILES string of the molecule is COc1cc2c(Oc3ccc(CS(=O)(=O)c4cc(Cl)cc(Cl)c4OC)cc3F)ccnc2cc1OCCCN1CCOCC1. The number of pyridine rings is 1. The molecular formula is C31H31Cl2FN2O7S. The zero-order valence-electron chi connectivity index (χ0n) is 24.1. The van der Waals surface area contributed by atoms with Gasteiger partial charge in [0.1, 0.15) is 10.6 Å². The third-order valence-corrected chi connectivity index (χ3v) is 9.24. The Balaban J connectivity index is 1.31. The van der Waals surface area contributed by atoms with Crippen molar-refractivity contribution in [2.75, 3.05) is 53.7 Å². The molecule has 0 saturated carbocycles. The molecule has 3 aromatic carbocycles. The Kier molecular flexibility index (Phi) is 10.3. The van der Waals surface area contributed by atoms with Crippen LogP contribution < -0.4 is 18.9 Å². The fourth-order valence-electron chi connectivity index (χ4n) is 4.88. The molecule has 0 bridgehead atoms. The highest BCUT2D eigenvalue weighted by Gasteiger charge is 2.24. The van der Waals surface area contributed by atoms with E-state index in [1.807, 2.05) is 0 Å². The first-order valence-electron chi connectivity index (χ1n) is 13.8. The first-order valence-corrected chi connectivity index (χ1v) is 16.2. The van der Waals surface area contributed by atoms with Crippen molar-refractivity contribution >= 4 is 43.9 Å². The molecule has 1 aliphatic rings. The molecule has 1 aromatic heterocycles. The molecular weight excluding hydrogens is 634 g/mol. The molecule has 5 rings (SSSR count). The zero-order valence-corrected chi connectivity index (χ0v) is 26.5. The van der Waals surface area contributed by atoms with Crippen molar-refractivity contribution in [3.8, 4) is 28.7 Å². The summed E-state index contributed by atoms with van der Waals surface area (Å²) in [5.41, 5.74) is 0.772. The Morgan fingerprint density at radius 2 is 1.75 bits per heavy atom. The number of morpholine rings is 1. The average Bonchev–Trinajstić information content (AvgIpc) is 3.00. The van der Waals surface area contributed by atoms with Gasteiger partial charge in [0.15, 0.2) is 38.7 Å². The van der Waals surface area contributed by atoms with Crippen molar-refractivity contribution in [2.45, 2.75) is 17.1 Å². The third kappa shape index (κ3) is 7.47. The molecule has 1 saturated heterocycles. The number of benzene rings is 3. The summed E-state index contributed by atoms with van der Waals surface area (Å²) in [5.74, 6) is -0.0135. The lowest BCUT2D eigenvalue weighted by Crippen LogP contribution is -2.37. The lowest BCUT2D eigenvalue weighted by atomic mass is 10.1. The van der Waals surface area contributed by atoms with Gasteiger partial charge < -0.3 is 23.7 Å². The van der Waals surface area contributed by atoms with E-state index in [1.54, 1.807) is 24.4 Å². The van der Waals surface area contributed by atoms with Crippen LogP contribution in [-0.4, -0.2) is 72.0 Å². The highest BCUT2D eigenvalue weighted by molar-refractivity contribution is 7.90. The van der Waals surface area contributed by atoms with E-state index in [0.717, 1.165) is 45.3 Å². The van der Waals surface area contributed by atoms with Crippen LogP contribution in [-0.2, 0) is 20.3 Å². The van der Waals surface area contributed by atoms with Gasteiger partial charge in [-0.3, -0.25) is 9.88 Å². The fourth-order valence-corrected chi connectivity index (χ4v) is 7.13. The van der Waals surface area contributed by atoms with E-state index >= 15 is 4.39 Å². The van der Waals surface area contributed by atoms with E-state index in [-0.39, 0.29) is 32.0 Å². The van der Waals surface area contributed by atoms with E-state index in [0.29, 0.717) is 34.8 Å². The summed E-state index contributed by atoms with van der Waals surface area (Å²) in [5, 5.41) is 0.770. The molecule has 2 heterocycles. The van der Waals surface area contributed by atoms with Crippen LogP contribution in [0.2, 0.25) is 10.0 Å². The number of fused-ring (bicyclic) bond motifs is 1. The van der Waals surface area contributed by atoms with E-state index in [9.17, 15) is 8.42 Å². The number of hydrogen-bond donors (Lipinski definition) is 0. The van der Waals surface area contributed by atoms with Gasteiger partial charge in [-0.05, 0) is 48.4 Å². The molecule has 0 radical (unpaired) electrons. The Labute approximate surface area is 265 Å². The topological polar surface area (TPSA) is 96.4 Å². The molecule has 0 spiro atoms. The number of methoxy groups -OCH3 is 2. The van der Waals surface area contributed by atoms with E-state index < -0.39 is 21.4 Å². The van der Waals surface area contributed by atoms with Crippen molar-refractivity contribution in [2.24, 2.45) is 0 Å². The van der Waals surface area contributed by atoms with Gasteiger partial charge in [-0.25, -0.2) is 12.8 Å². The second-order valence-electron chi connectivity index (χ2n) is 10.0. The summed E-state index contributed by atoms with van der Waals surface area (Å²) in [4.78, 5) is 6.58. The number of halogens is 3. The van der Waals surface area contributed by atoms with E-state index in [1.165, 1.54) is 38.5 Å². The van der Waals surface area contributed by atoms with Crippen molar-refractivity contribution < 1.29 is 36.5 Å². The van der Waals surface area contributed by atoms with Gasteiger partial charge in [0.05, 0.1) is 50.3 Å². The second kappa shape index (κ2) is 14.2. The summed E-state index contributed by atoms with van der Waals surface area (Å²) in [6, 6.07) is 11.7. The quantitative estimate of drug-likeness (QED) is 0.156. The molecule has 44 heavy (non-hydrogen) atoms. The van der Waals surface area contributed by atoms with Crippen LogP contribution in [0.25, 0.3) is 10.9 Å². The summed E-state index contributed by atoms with van der Waals surface area (Å²) in [6.07, 6.45) is 2.39. The normalized spacial score (nSPS) is 14.0. The highest BCUT2D eigenvalue weighted by Crippen LogP contribution is 2.39. The predicted molar refractivity (Wildman–Crippen MR) is 166 cm³/mol. The molecule has 1 fully saturated rings. The van der Waals surface area contributed by atoms with Gasteiger partial charge >= 0.3 is 0 Å². The smallest absolute Gasteiger partial charge is 0.186 e. The number of aromatic nitrogens is 1. The van der Waals surface area contributed by atoms with Gasteiger partial charge in [0.2, 0.25) is 0 Å². The van der Waals surface area contributed by atoms with Crippen LogP contribution in [0.3, 0.4) is 0 Å². The van der Waals surface area contributed by atoms with Crippen molar-refractivity contribution in [3.63, 3.8) is 0 Å². The van der Waals surface area contributed by atoms with Crippen LogP contribution in [0.4, 0.5) is 4.39 Å². The second-order valence-corrected chi connectivity index (χ2v) is 12.8. The molecule has 0 amide bonds. The Morgan fingerprint density at radius 1 is 0.955 bits per heavy atom. The molecule has 0 unspecified atom stereocenters. The molecule has 1 aliphatic heterocycles. The molecule has 9 nitrogen and oxygen atoms in total. The maximum Gasteiger partial charge on any atom is 0.186 e. The summed E-state index contributed by atoms with van der Waals surface area (Å²) < 4.78 is 69.7. The number of nitrogens with zero attached hydrogens (tertiary/aromatic N) is 2. The van der Waals surface area contributed by atoms with Crippen molar-refractivity contribution in [3.05, 3.63) is 76.2 Å². The van der Waals surface area contributed by atoms with Gasteiger partial charge in [0, 0.05) is 42.3 Å².